The molecule has 0 saturated heterocycles. The van der Waals surface area contributed by atoms with Crippen LogP contribution in [0.25, 0.3) is 0 Å². The second-order valence-corrected chi connectivity index (χ2v) is 8.29. The van der Waals surface area contributed by atoms with E-state index in [2.05, 4.69) is 38.0 Å². The van der Waals surface area contributed by atoms with Crippen LogP contribution in [0.4, 0.5) is 0 Å². The van der Waals surface area contributed by atoms with Crippen LogP contribution in [0.15, 0.2) is 0 Å². The molecule has 2 nitrogen and oxygen atoms in total. The lowest BCUT2D eigenvalue weighted by Crippen LogP contribution is -2.48. The standard InChI is InChI=1S/C19H38N2/c1-5-20-14-19(12-10-17(3)11-13-19)15-21(4)18-8-6-16(2)7-9-18/h16-18,20H,5-15H2,1-4H3. The maximum absolute atomic E-state index is 3.66. The highest BCUT2D eigenvalue weighted by molar-refractivity contribution is 4.90. The molecule has 2 rings (SSSR count). The van der Waals surface area contributed by atoms with Gasteiger partial charge in [-0.3, -0.25) is 0 Å². The van der Waals surface area contributed by atoms with Gasteiger partial charge in [-0.2, -0.15) is 0 Å². The third-order valence-electron chi connectivity index (χ3n) is 6.28. The summed E-state index contributed by atoms with van der Waals surface area (Å²) in [5.41, 5.74) is 0.542. The number of rotatable bonds is 6. The van der Waals surface area contributed by atoms with E-state index in [0.29, 0.717) is 5.41 Å². The number of hydrogen-bond acceptors (Lipinski definition) is 2. The minimum absolute atomic E-state index is 0.542. The van der Waals surface area contributed by atoms with Crippen molar-refractivity contribution in [3.05, 3.63) is 0 Å². The van der Waals surface area contributed by atoms with Gasteiger partial charge in [-0.15, -0.1) is 0 Å². The van der Waals surface area contributed by atoms with E-state index >= 15 is 0 Å². The first-order valence-corrected chi connectivity index (χ1v) is 9.45. The van der Waals surface area contributed by atoms with Crippen molar-refractivity contribution in [1.29, 1.82) is 0 Å². The van der Waals surface area contributed by atoms with E-state index in [1.165, 1.54) is 64.5 Å². The first-order chi connectivity index (χ1) is 10.0. The molecule has 0 atom stereocenters. The quantitative estimate of drug-likeness (QED) is 0.785. The fourth-order valence-electron chi connectivity index (χ4n) is 4.50. The number of hydrogen-bond donors (Lipinski definition) is 1. The van der Waals surface area contributed by atoms with Gasteiger partial charge in [0.25, 0.3) is 0 Å². The molecule has 2 heteroatoms. The molecule has 0 amide bonds. The topological polar surface area (TPSA) is 15.3 Å². The van der Waals surface area contributed by atoms with Crippen molar-refractivity contribution < 1.29 is 0 Å². The summed E-state index contributed by atoms with van der Waals surface area (Å²) >= 11 is 0. The van der Waals surface area contributed by atoms with Crippen molar-refractivity contribution in [3.63, 3.8) is 0 Å². The molecule has 1 N–H and O–H groups in total. The van der Waals surface area contributed by atoms with E-state index in [4.69, 9.17) is 0 Å². The van der Waals surface area contributed by atoms with Crippen molar-refractivity contribution in [2.45, 2.75) is 78.2 Å². The lowest BCUT2D eigenvalue weighted by Gasteiger charge is -2.45. The summed E-state index contributed by atoms with van der Waals surface area (Å²) in [5, 5.41) is 3.66. The van der Waals surface area contributed by atoms with Gasteiger partial charge < -0.3 is 10.2 Å². The fourth-order valence-corrected chi connectivity index (χ4v) is 4.50. The molecule has 2 aliphatic carbocycles. The van der Waals surface area contributed by atoms with Gasteiger partial charge >= 0.3 is 0 Å². The summed E-state index contributed by atoms with van der Waals surface area (Å²) in [6.07, 6.45) is 11.4. The molecule has 2 fully saturated rings. The Bertz CT molecular complexity index is 280. The Morgan fingerprint density at radius 2 is 1.52 bits per heavy atom. The van der Waals surface area contributed by atoms with Crippen LogP contribution >= 0.6 is 0 Å². The lowest BCUT2D eigenvalue weighted by atomic mass is 9.70. The monoisotopic (exact) mass is 294 g/mol. The highest BCUT2D eigenvalue weighted by Crippen LogP contribution is 2.40. The SMILES string of the molecule is CCNCC1(CN(C)C2CCC(C)CC2)CCC(C)CC1. The molecule has 0 spiro atoms. The van der Waals surface area contributed by atoms with Crippen LogP contribution in [0, 0.1) is 17.3 Å². The Hall–Kier alpha value is -0.0800. The van der Waals surface area contributed by atoms with Crippen LogP contribution in [0.1, 0.15) is 72.1 Å². The Balaban J connectivity index is 1.91. The van der Waals surface area contributed by atoms with E-state index in [1.54, 1.807) is 0 Å². The first-order valence-electron chi connectivity index (χ1n) is 9.45. The van der Waals surface area contributed by atoms with Gasteiger partial charge in [0.05, 0.1) is 0 Å². The molecule has 0 unspecified atom stereocenters. The molecule has 0 bridgehead atoms. The zero-order valence-electron chi connectivity index (χ0n) is 15.0. The van der Waals surface area contributed by atoms with Crippen LogP contribution in [0.2, 0.25) is 0 Å². The molecule has 0 radical (unpaired) electrons. The second-order valence-electron chi connectivity index (χ2n) is 8.29. The number of nitrogens with one attached hydrogen (secondary N) is 1. The molecule has 0 aromatic carbocycles. The van der Waals surface area contributed by atoms with E-state index < -0.39 is 0 Å². The Morgan fingerprint density at radius 1 is 0.952 bits per heavy atom. The largest absolute Gasteiger partial charge is 0.316 e. The zero-order chi connectivity index (χ0) is 15.3. The van der Waals surface area contributed by atoms with Crippen LogP contribution < -0.4 is 5.32 Å². The highest BCUT2D eigenvalue weighted by Gasteiger charge is 2.36. The molecule has 0 heterocycles. The van der Waals surface area contributed by atoms with E-state index in [9.17, 15) is 0 Å². The highest BCUT2D eigenvalue weighted by atomic mass is 15.1. The molecular weight excluding hydrogens is 256 g/mol. The van der Waals surface area contributed by atoms with Gasteiger partial charge in [-0.25, -0.2) is 0 Å². The summed E-state index contributed by atoms with van der Waals surface area (Å²) in [6, 6.07) is 0.846. The Kier molecular flexibility index (Phi) is 6.55. The summed E-state index contributed by atoms with van der Waals surface area (Å²) in [4.78, 5) is 2.72. The van der Waals surface area contributed by atoms with Crippen molar-refractivity contribution in [3.8, 4) is 0 Å². The minimum atomic E-state index is 0.542. The third kappa shape index (κ3) is 4.96. The summed E-state index contributed by atoms with van der Waals surface area (Å²) < 4.78 is 0. The van der Waals surface area contributed by atoms with Gasteiger partial charge in [0, 0.05) is 19.1 Å². The maximum atomic E-state index is 3.66. The second kappa shape index (κ2) is 7.97. The van der Waals surface area contributed by atoms with Crippen molar-refractivity contribution in [2.24, 2.45) is 17.3 Å². The Labute approximate surface area is 133 Å². The lowest BCUT2D eigenvalue weighted by molar-refractivity contribution is 0.0638. The summed E-state index contributed by atoms with van der Waals surface area (Å²) in [5.74, 6) is 1.90. The van der Waals surface area contributed by atoms with Gasteiger partial charge in [0.1, 0.15) is 0 Å². The van der Waals surface area contributed by atoms with Crippen LogP contribution in [-0.2, 0) is 0 Å². The predicted molar refractivity (Wildman–Crippen MR) is 92.7 cm³/mol. The average Bonchev–Trinajstić information content (AvgIpc) is 2.49. The molecule has 0 aromatic heterocycles. The summed E-state index contributed by atoms with van der Waals surface area (Å²) in [7, 11) is 2.40. The van der Waals surface area contributed by atoms with Crippen LogP contribution in [0.5, 0.6) is 0 Å². The Morgan fingerprint density at radius 3 is 2.10 bits per heavy atom. The van der Waals surface area contributed by atoms with Gasteiger partial charge in [0.2, 0.25) is 0 Å². The molecule has 0 aliphatic heterocycles. The molecular formula is C19H38N2. The van der Waals surface area contributed by atoms with Gasteiger partial charge in [0.15, 0.2) is 0 Å². The van der Waals surface area contributed by atoms with Crippen molar-refractivity contribution >= 4 is 0 Å². The number of nitrogens with zero attached hydrogens (tertiary/aromatic N) is 1. The third-order valence-corrected chi connectivity index (χ3v) is 6.28. The van der Waals surface area contributed by atoms with Crippen molar-refractivity contribution in [2.75, 3.05) is 26.7 Å². The smallest absolute Gasteiger partial charge is 0.00926 e. The molecule has 2 aliphatic rings. The van der Waals surface area contributed by atoms with E-state index in [-0.39, 0.29) is 0 Å². The molecule has 21 heavy (non-hydrogen) atoms. The first kappa shape index (κ1) is 17.3. The van der Waals surface area contributed by atoms with E-state index in [1.807, 2.05) is 0 Å². The fraction of sp³-hybridized carbons (Fsp3) is 1.00. The van der Waals surface area contributed by atoms with Gasteiger partial charge in [-0.05, 0) is 69.4 Å². The molecule has 2 saturated carbocycles. The average molecular weight is 295 g/mol. The van der Waals surface area contributed by atoms with E-state index in [0.717, 1.165) is 24.4 Å². The van der Waals surface area contributed by atoms with Gasteiger partial charge in [-0.1, -0.05) is 33.6 Å². The summed E-state index contributed by atoms with van der Waals surface area (Å²) in [6.45, 7) is 10.7. The van der Waals surface area contributed by atoms with Crippen molar-refractivity contribution in [1.82, 2.24) is 10.2 Å². The van der Waals surface area contributed by atoms with Crippen LogP contribution in [-0.4, -0.2) is 37.6 Å². The zero-order valence-corrected chi connectivity index (χ0v) is 15.0. The normalized spacial score (nSPS) is 37.9. The van der Waals surface area contributed by atoms with Crippen LogP contribution in [0.3, 0.4) is 0 Å². The maximum Gasteiger partial charge on any atom is 0.00926 e. The predicted octanol–water partition coefficient (Wildman–Crippen LogP) is 4.30. The molecule has 0 aromatic rings. The minimum Gasteiger partial charge on any atom is -0.316 e. The molecule has 124 valence electrons.